The lowest BCUT2D eigenvalue weighted by Crippen LogP contribution is -2.71. The van der Waals surface area contributed by atoms with E-state index in [1.165, 1.54) is 4.90 Å². The van der Waals surface area contributed by atoms with Crippen LogP contribution in [0.2, 0.25) is 0 Å². The van der Waals surface area contributed by atoms with E-state index in [-0.39, 0.29) is 18.9 Å². The summed E-state index contributed by atoms with van der Waals surface area (Å²) in [6, 6.07) is 14.3. The predicted molar refractivity (Wildman–Crippen MR) is 122 cm³/mol. The second kappa shape index (κ2) is 8.97. The highest BCUT2D eigenvalue weighted by molar-refractivity contribution is 7.87. The molecule has 0 radical (unpaired) electrons. The predicted octanol–water partition coefficient (Wildman–Crippen LogP) is 1.54. The zero-order chi connectivity index (χ0) is 23.8. The number of carbonyl (C=O) groups excluding carboxylic acids is 3. The van der Waals surface area contributed by atoms with Gasteiger partial charge in [0.1, 0.15) is 29.8 Å². The van der Waals surface area contributed by atoms with Gasteiger partial charge in [0, 0.05) is 0 Å². The molecule has 4 rings (SSSR count). The molecule has 8 nitrogen and oxygen atoms in total. The lowest BCUT2D eigenvalue weighted by atomic mass is 9.96. The third-order valence-corrected chi connectivity index (χ3v) is 8.24. The second-order valence-corrected chi connectivity index (χ2v) is 10.7. The van der Waals surface area contributed by atoms with E-state index in [0.717, 1.165) is 11.1 Å². The van der Waals surface area contributed by atoms with Crippen LogP contribution in [0.25, 0.3) is 0 Å². The van der Waals surface area contributed by atoms with Gasteiger partial charge in [-0.2, -0.15) is 0 Å². The Labute approximate surface area is 194 Å². The molecule has 1 N–H and O–H groups in total. The van der Waals surface area contributed by atoms with Gasteiger partial charge in [0.15, 0.2) is 0 Å². The Hall–Kier alpha value is -3.20. The average molecular weight is 471 g/mol. The summed E-state index contributed by atoms with van der Waals surface area (Å²) in [6.07, 6.45) is 0.112. The topological polar surface area (TPSA) is 102 Å². The summed E-state index contributed by atoms with van der Waals surface area (Å²) in [5, 5.41) is 1.94. The number of hydrogen-bond donors (Lipinski definition) is 1. The Kier molecular flexibility index (Phi) is 6.25. The number of esters is 1. The Morgan fingerprint density at radius 3 is 2.36 bits per heavy atom. The monoisotopic (exact) mass is 470 g/mol. The molecular weight excluding hydrogens is 444 g/mol. The van der Waals surface area contributed by atoms with E-state index in [4.69, 9.17) is 9.47 Å². The third kappa shape index (κ3) is 4.25. The number of methoxy groups -OCH3 is 1. The highest BCUT2D eigenvalue weighted by Crippen LogP contribution is 2.44. The minimum Gasteiger partial charge on any atom is -0.497 e. The zero-order valence-corrected chi connectivity index (χ0v) is 19.5. The highest BCUT2D eigenvalue weighted by atomic mass is 32.2. The molecule has 0 saturated carbocycles. The van der Waals surface area contributed by atoms with Gasteiger partial charge in [-0.05, 0) is 37.1 Å². The van der Waals surface area contributed by atoms with Crippen molar-refractivity contribution in [2.75, 3.05) is 7.11 Å². The summed E-state index contributed by atoms with van der Waals surface area (Å²) in [5.41, 5.74) is 1.57. The molecule has 0 unspecified atom stereocenters. The van der Waals surface area contributed by atoms with Gasteiger partial charge in [0.05, 0.1) is 29.1 Å². The van der Waals surface area contributed by atoms with Crippen molar-refractivity contribution in [1.82, 2.24) is 10.2 Å². The number of fused-ring (bicyclic) bond motifs is 1. The number of benzene rings is 2. The molecule has 2 fully saturated rings. The number of β-lactam (4-membered cyclic amide) rings is 1. The SMILES string of the molecule is COc1ccc(COC(=O)[C@@H]2N3C(=O)[C@H](NC(=O)Cc4ccccc4)[C@H]3[S@@](=O)C2(C)C)cc1. The average Bonchev–Trinajstić information content (AvgIpc) is 3.00. The Balaban J connectivity index is 1.42. The normalized spacial score (nSPS) is 25.1. The molecule has 2 aromatic rings. The van der Waals surface area contributed by atoms with Crippen LogP contribution >= 0.6 is 0 Å². The maximum Gasteiger partial charge on any atom is 0.330 e. The molecule has 0 aliphatic carbocycles. The van der Waals surface area contributed by atoms with Crippen LogP contribution in [-0.4, -0.2) is 56.2 Å². The van der Waals surface area contributed by atoms with E-state index < -0.39 is 44.9 Å². The zero-order valence-electron chi connectivity index (χ0n) is 18.6. The van der Waals surface area contributed by atoms with Crippen molar-refractivity contribution in [3.8, 4) is 5.75 Å². The fraction of sp³-hybridized carbons (Fsp3) is 0.375. The first kappa shape index (κ1) is 23.0. The second-order valence-electron chi connectivity index (χ2n) is 8.60. The van der Waals surface area contributed by atoms with Crippen molar-refractivity contribution >= 4 is 28.6 Å². The van der Waals surface area contributed by atoms with E-state index in [1.807, 2.05) is 30.3 Å². The minimum atomic E-state index is -1.56. The summed E-state index contributed by atoms with van der Waals surface area (Å²) in [7, 11) is -0.000290. The molecule has 2 saturated heterocycles. The molecule has 2 aliphatic heterocycles. The van der Waals surface area contributed by atoms with Gasteiger partial charge in [0.25, 0.3) is 0 Å². The van der Waals surface area contributed by atoms with Gasteiger partial charge in [0.2, 0.25) is 11.8 Å². The number of carbonyl (C=O) groups is 3. The van der Waals surface area contributed by atoms with Crippen molar-refractivity contribution in [3.05, 3.63) is 65.7 Å². The third-order valence-electron chi connectivity index (χ3n) is 6.04. The summed E-state index contributed by atoms with van der Waals surface area (Å²) in [4.78, 5) is 39.6. The fourth-order valence-corrected chi connectivity index (χ4v) is 6.15. The van der Waals surface area contributed by atoms with Gasteiger partial charge in [-0.1, -0.05) is 42.5 Å². The van der Waals surface area contributed by atoms with Crippen molar-refractivity contribution in [2.45, 2.75) is 49.1 Å². The van der Waals surface area contributed by atoms with E-state index in [1.54, 1.807) is 45.2 Å². The molecular formula is C24H26N2O6S. The van der Waals surface area contributed by atoms with Crippen LogP contribution in [0.15, 0.2) is 54.6 Å². The van der Waals surface area contributed by atoms with Gasteiger partial charge >= 0.3 is 5.97 Å². The van der Waals surface area contributed by atoms with E-state index in [0.29, 0.717) is 5.75 Å². The van der Waals surface area contributed by atoms with Crippen LogP contribution in [-0.2, 0) is 42.9 Å². The molecule has 2 heterocycles. The summed E-state index contributed by atoms with van der Waals surface area (Å²) >= 11 is 0. The van der Waals surface area contributed by atoms with E-state index >= 15 is 0 Å². The molecule has 0 spiro atoms. The Bertz CT molecular complexity index is 1090. The number of nitrogens with zero attached hydrogens (tertiary/aromatic N) is 1. The molecule has 0 bridgehead atoms. The quantitative estimate of drug-likeness (QED) is 0.487. The Morgan fingerprint density at radius 1 is 1.06 bits per heavy atom. The first-order chi connectivity index (χ1) is 15.7. The lowest BCUT2D eigenvalue weighted by Gasteiger charge is -2.43. The molecule has 0 aromatic heterocycles. The van der Waals surface area contributed by atoms with Gasteiger partial charge in [-0.25, -0.2) is 4.79 Å². The van der Waals surface area contributed by atoms with Crippen LogP contribution in [0.1, 0.15) is 25.0 Å². The minimum absolute atomic E-state index is 0.0198. The number of hydrogen-bond acceptors (Lipinski definition) is 6. The highest BCUT2D eigenvalue weighted by Gasteiger charge is 2.68. The largest absolute Gasteiger partial charge is 0.497 e. The van der Waals surface area contributed by atoms with Crippen molar-refractivity contribution in [3.63, 3.8) is 0 Å². The maximum absolute atomic E-state index is 13.2. The summed E-state index contributed by atoms with van der Waals surface area (Å²) in [6.45, 7) is 3.37. The molecule has 2 aromatic carbocycles. The van der Waals surface area contributed by atoms with Crippen molar-refractivity contribution < 1.29 is 28.1 Å². The molecule has 4 atom stereocenters. The number of ether oxygens (including phenoxy) is 2. The van der Waals surface area contributed by atoms with Crippen molar-refractivity contribution in [1.29, 1.82) is 0 Å². The molecule has 174 valence electrons. The molecule has 2 aliphatic rings. The first-order valence-electron chi connectivity index (χ1n) is 10.6. The number of amides is 2. The summed E-state index contributed by atoms with van der Waals surface area (Å²) in [5.74, 6) is -0.688. The lowest BCUT2D eigenvalue weighted by molar-refractivity contribution is -0.165. The number of rotatable bonds is 7. The van der Waals surface area contributed by atoms with Crippen LogP contribution in [0.5, 0.6) is 5.75 Å². The summed E-state index contributed by atoms with van der Waals surface area (Å²) < 4.78 is 22.8. The maximum atomic E-state index is 13.2. The standard InChI is InChI=1S/C24H26N2O6S/c1-24(2)20(23(29)32-14-16-9-11-17(31-3)12-10-16)26-21(28)19(22(26)33(24)30)25-18(27)13-15-7-5-4-6-8-15/h4-12,19-20,22H,13-14H2,1-3H3,(H,25,27)/t19-,20-,22+,33+/m0/s1. The smallest absolute Gasteiger partial charge is 0.330 e. The van der Waals surface area contributed by atoms with Gasteiger partial charge in [-0.15, -0.1) is 0 Å². The van der Waals surface area contributed by atoms with Crippen LogP contribution in [0.4, 0.5) is 0 Å². The van der Waals surface area contributed by atoms with Gasteiger partial charge < -0.3 is 19.7 Å². The van der Waals surface area contributed by atoms with Crippen LogP contribution in [0.3, 0.4) is 0 Å². The molecule has 33 heavy (non-hydrogen) atoms. The fourth-order valence-electron chi connectivity index (χ4n) is 4.23. The van der Waals surface area contributed by atoms with Crippen molar-refractivity contribution in [2.24, 2.45) is 0 Å². The van der Waals surface area contributed by atoms with Gasteiger partial charge in [-0.3, -0.25) is 13.8 Å². The van der Waals surface area contributed by atoms with Crippen LogP contribution < -0.4 is 10.1 Å². The van der Waals surface area contributed by atoms with Crippen LogP contribution in [0, 0.1) is 0 Å². The Morgan fingerprint density at radius 2 is 1.73 bits per heavy atom. The van der Waals surface area contributed by atoms with E-state index in [2.05, 4.69) is 5.32 Å². The van der Waals surface area contributed by atoms with E-state index in [9.17, 15) is 18.6 Å². The first-order valence-corrected chi connectivity index (χ1v) is 11.8. The molecule has 9 heteroatoms. The molecule has 2 amide bonds. The number of nitrogens with one attached hydrogen (secondary N) is 1.